The van der Waals surface area contributed by atoms with Crippen molar-refractivity contribution in [1.82, 2.24) is 10.2 Å². The van der Waals surface area contributed by atoms with Gasteiger partial charge in [-0.1, -0.05) is 36.4 Å². The van der Waals surface area contributed by atoms with Gasteiger partial charge in [-0.25, -0.2) is 0 Å². The third-order valence-corrected chi connectivity index (χ3v) is 8.45. The van der Waals surface area contributed by atoms with Gasteiger partial charge in [0.15, 0.2) is 0 Å². The maximum absolute atomic E-state index is 13.2. The number of hydrogen-bond donors (Lipinski definition) is 1. The van der Waals surface area contributed by atoms with Crippen LogP contribution in [0.2, 0.25) is 0 Å². The van der Waals surface area contributed by atoms with Gasteiger partial charge >= 0.3 is 0 Å². The van der Waals surface area contributed by atoms with E-state index in [2.05, 4.69) is 34.5 Å². The van der Waals surface area contributed by atoms with Crippen LogP contribution in [-0.4, -0.2) is 43.0 Å². The molecule has 1 aliphatic carbocycles. The van der Waals surface area contributed by atoms with Gasteiger partial charge < -0.3 is 15.0 Å². The van der Waals surface area contributed by atoms with Crippen molar-refractivity contribution >= 4 is 17.5 Å². The van der Waals surface area contributed by atoms with Crippen LogP contribution in [-0.2, 0) is 24.3 Å². The molecular weight excluding hydrogens is 510 g/mol. The molecule has 6 heteroatoms. The van der Waals surface area contributed by atoms with Crippen molar-refractivity contribution in [3.63, 3.8) is 0 Å². The van der Waals surface area contributed by atoms with E-state index in [0.29, 0.717) is 25.1 Å². The van der Waals surface area contributed by atoms with Crippen molar-refractivity contribution in [2.24, 2.45) is 5.92 Å². The maximum atomic E-state index is 13.2. The van der Waals surface area contributed by atoms with Gasteiger partial charge in [0.25, 0.3) is 5.91 Å². The van der Waals surface area contributed by atoms with Crippen molar-refractivity contribution in [3.05, 3.63) is 94.5 Å². The van der Waals surface area contributed by atoms with Crippen molar-refractivity contribution in [2.45, 2.75) is 64.5 Å². The zero-order valence-electron chi connectivity index (χ0n) is 23.9. The fraction of sp³-hybridized carbons (Fsp3) is 0.429. The Balaban J connectivity index is 1.16. The lowest BCUT2D eigenvalue weighted by Crippen LogP contribution is -2.27. The number of carbonyl (C=O) groups is 2. The molecule has 3 aliphatic rings. The average Bonchev–Trinajstić information content (AvgIpc) is 3.70. The number of nitrogens with zero attached hydrogens (tertiary/aromatic N) is 2. The lowest BCUT2D eigenvalue weighted by atomic mass is 9.99. The number of carbonyl (C=O) groups excluding carboxylic acids is 2. The van der Waals surface area contributed by atoms with E-state index < -0.39 is 0 Å². The summed E-state index contributed by atoms with van der Waals surface area (Å²) in [6.45, 7) is 5.22. The Hall–Kier alpha value is -3.64. The summed E-state index contributed by atoms with van der Waals surface area (Å²) in [6.07, 6.45) is 8.36. The highest BCUT2D eigenvalue weighted by molar-refractivity contribution is 5.96. The second-order valence-corrected chi connectivity index (χ2v) is 11.9. The Kier molecular flexibility index (Phi) is 8.66. The minimum absolute atomic E-state index is 0.112. The van der Waals surface area contributed by atoms with Crippen LogP contribution in [0.5, 0.6) is 5.75 Å². The second-order valence-electron chi connectivity index (χ2n) is 11.9. The Bertz CT molecular complexity index is 1380. The monoisotopic (exact) mass is 551 g/mol. The highest BCUT2D eigenvalue weighted by Crippen LogP contribution is 2.31. The number of fused-ring (bicyclic) bond motifs is 3. The fourth-order valence-corrected chi connectivity index (χ4v) is 6.05. The van der Waals surface area contributed by atoms with Gasteiger partial charge in [-0.3, -0.25) is 14.5 Å². The predicted octanol–water partition coefficient (Wildman–Crippen LogP) is 6.11. The Morgan fingerprint density at radius 1 is 0.902 bits per heavy atom. The van der Waals surface area contributed by atoms with Crippen LogP contribution in [0.4, 0.5) is 5.69 Å². The smallest absolute Gasteiger partial charge is 0.251 e. The first kappa shape index (κ1) is 27.5. The number of nitrogens with one attached hydrogen (secondary N) is 1. The molecule has 214 valence electrons. The number of amides is 2. The van der Waals surface area contributed by atoms with Crippen LogP contribution in [0.1, 0.15) is 77.6 Å². The van der Waals surface area contributed by atoms with Crippen molar-refractivity contribution in [2.75, 3.05) is 31.1 Å². The number of anilines is 1. The highest BCUT2D eigenvalue weighted by atomic mass is 16.5. The van der Waals surface area contributed by atoms with Crippen molar-refractivity contribution < 1.29 is 14.3 Å². The molecule has 2 amide bonds. The molecule has 2 aliphatic heterocycles. The van der Waals surface area contributed by atoms with E-state index in [1.807, 2.05) is 47.4 Å². The molecule has 2 heterocycles. The standard InChI is InChI=1S/C35H41N3O3/c39-34-11-6-17-38(34)32-10-5-8-28(21-32)23-36-35(40)30-14-15-33-31(22-30)20-27-7-4-9-29(19-27)25-37(24-26-12-13-26)16-2-1-3-18-41-33/h4-5,7-10,14-15,19,21-22,26H,1-3,6,11-13,16-18,20,23-25H2,(H,36,40). The van der Waals surface area contributed by atoms with E-state index in [9.17, 15) is 9.59 Å². The van der Waals surface area contributed by atoms with Crippen LogP contribution in [0.15, 0.2) is 66.7 Å². The first-order valence-corrected chi connectivity index (χ1v) is 15.3. The SMILES string of the molecule is O=C(NCc1cccc(N2CCCC2=O)c1)c1ccc2c(c1)Cc1cccc(c1)CN(CC1CC1)CCCCCO2. The van der Waals surface area contributed by atoms with Gasteiger partial charge in [-0.2, -0.15) is 0 Å². The topological polar surface area (TPSA) is 61.9 Å². The van der Waals surface area contributed by atoms with E-state index in [4.69, 9.17) is 4.74 Å². The summed E-state index contributed by atoms with van der Waals surface area (Å²) in [4.78, 5) is 29.9. The van der Waals surface area contributed by atoms with Crippen molar-refractivity contribution in [1.29, 1.82) is 0 Å². The molecule has 41 heavy (non-hydrogen) atoms. The van der Waals surface area contributed by atoms with E-state index in [1.54, 1.807) is 0 Å². The van der Waals surface area contributed by atoms with Gasteiger partial charge in [0, 0.05) is 50.3 Å². The summed E-state index contributed by atoms with van der Waals surface area (Å²) < 4.78 is 6.26. The maximum Gasteiger partial charge on any atom is 0.251 e. The summed E-state index contributed by atoms with van der Waals surface area (Å²) in [5.41, 5.74) is 6.14. The number of rotatable bonds is 6. The summed E-state index contributed by atoms with van der Waals surface area (Å²) >= 11 is 0. The largest absolute Gasteiger partial charge is 0.493 e. The van der Waals surface area contributed by atoms with Gasteiger partial charge in [0.1, 0.15) is 5.75 Å². The third kappa shape index (κ3) is 7.36. The Labute approximate surface area is 243 Å². The molecule has 0 atom stereocenters. The quantitative estimate of drug-likeness (QED) is 0.402. The van der Waals surface area contributed by atoms with Crippen LogP contribution in [0.3, 0.4) is 0 Å². The molecule has 2 bridgehead atoms. The fourth-order valence-electron chi connectivity index (χ4n) is 6.05. The molecule has 3 aromatic carbocycles. The van der Waals surface area contributed by atoms with Gasteiger partial charge in [-0.05, 0) is 104 Å². The molecule has 0 aromatic heterocycles. The molecular formula is C35H41N3O3. The summed E-state index contributed by atoms with van der Waals surface area (Å²) in [6, 6.07) is 22.6. The first-order valence-electron chi connectivity index (χ1n) is 15.3. The molecule has 0 radical (unpaired) electrons. The number of ether oxygens (including phenoxy) is 1. The Morgan fingerprint density at radius 3 is 2.63 bits per heavy atom. The summed E-state index contributed by atoms with van der Waals surface area (Å²) in [7, 11) is 0. The van der Waals surface area contributed by atoms with Crippen LogP contribution in [0, 0.1) is 5.92 Å². The molecule has 6 rings (SSSR count). The van der Waals surface area contributed by atoms with E-state index in [-0.39, 0.29) is 11.8 Å². The minimum atomic E-state index is -0.112. The van der Waals surface area contributed by atoms with E-state index in [1.165, 1.54) is 36.9 Å². The third-order valence-electron chi connectivity index (χ3n) is 8.45. The number of hydrogen-bond acceptors (Lipinski definition) is 4. The molecule has 0 unspecified atom stereocenters. The highest BCUT2D eigenvalue weighted by Gasteiger charge is 2.24. The molecule has 6 nitrogen and oxygen atoms in total. The van der Waals surface area contributed by atoms with Gasteiger partial charge in [-0.15, -0.1) is 0 Å². The summed E-state index contributed by atoms with van der Waals surface area (Å²) in [5, 5.41) is 3.08. The Morgan fingerprint density at radius 2 is 1.78 bits per heavy atom. The predicted molar refractivity (Wildman–Crippen MR) is 162 cm³/mol. The first-order chi connectivity index (χ1) is 20.1. The second kappa shape index (κ2) is 12.9. The minimum Gasteiger partial charge on any atom is -0.493 e. The van der Waals surface area contributed by atoms with Crippen molar-refractivity contribution in [3.8, 4) is 5.75 Å². The molecule has 1 saturated heterocycles. The average molecular weight is 552 g/mol. The lowest BCUT2D eigenvalue weighted by Gasteiger charge is -2.23. The molecule has 2 fully saturated rings. The molecule has 1 N–H and O–H groups in total. The summed E-state index contributed by atoms with van der Waals surface area (Å²) in [5.74, 6) is 1.80. The molecule has 3 aromatic rings. The zero-order valence-corrected chi connectivity index (χ0v) is 23.9. The lowest BCUT2D eigenvalue weighted by molar-refractivity contribution is -0.117. The zero-order chi connectivity index (χ0) is 28.0. The van der Waals surface area contributed by atoms with Crippen LogP contribution < -0.4 is 15.0 Å². The van der Waals surface area contributed by atoms with Gasteiger partial charge in [0.2, 0.25) is 5.91 Å². The number of benzene rings is 3. The van der Waals surface area contributed by atoms with Gasteiger partial charge in [0.05, 0.1) is 6.61 Å². The van der Waals surface area contributed by atoms with E-state index >= 15 is 0 Å². The van der Waals surface area contributed by atoms with Crippen LogP contribution >= 0.6 is 0 Å². The van der Waals surface area contributed by atoms with Crippen LogP contribution in [0.25, 0.3) is 0 Å². The molecule has 1 saturated carbocycles. The van der Waals surface area contributed by atoms with E-state index in [0.717, 1.165) is 73.8 Å². The normalized spacial score (nSPS) is 18.3. The molecule has 0 spiro atoms.